The third kappa shape index (κ3) is 4.90. The van der Waals surface area contributed by atoms with E-state index in [1.807, 2.05) is 13.2 Å². The number of thioether (sulfide) groups is 1. The lowest BCUT2D eigenvalue weighted by atomic mass is 10.3. The lowest BCUT2D eigenvalue weighted by Gasteiger charge is -2.10. The predicted molar refractivity (Wildman–Crippen MR) is 78.9 cm³/mol. The molecule has 8 heteroatoms. The first-order chi connectivity index (χ1) is 9.08. The van der Waals surface area contributed by atoms with Crippen LogP contribution in [-0.2, 0) is 0 Å². The highest BCUT2D eigenvalue weighted by molar-refractivity contribution is 7.99. The van der Waals surface area contributed by atoms with Gasteiger partial charge in [-0.05, 0) is 19.6 Å². The topological polar surface area (TPSA) is 93.0 Å². The van der Waals surface area contributed by atoms with Gasteiger partial charge in [-0.1, -0.05) is 6.92 Å². The van der Waals surface area contributed by atoms with Crippen molar-refractivity contribution >= 4 is 29.2 Å². The first-order valence-corrected chi connectivity index (χ1v) is 7.39. The number of aromatic nitrogens is 2. The van der Waals surface area contributed by atoms with Gasteiger partial charge in [0.2, 0.25) is 11.8 Å². The van der Waals surface area contributed by atoms with Crippen LogP contribution in [0.1, 0.15) is 20.3 Å². The summed E-state index contributed by atoms with van der Waals surface area (Å²) < 4.78 is 0. The Hall–Kier alpha value is -1.57. The number of rotatable bonds is 8. The Morgan fingerprint density at radius 1 is 1.53 bits per heavy atom. The standard InChI is InChI=1S/C11H19N5O2S/c1-4-12-11-14-7-9(16(17)18)10(15-11)13-6-5-8(2)19-3/h7-8H,4-6H2,1-3H3,(H2,12,13,14,15). The third-order valence-corrected chi connectivity index (χ3v) is 3.59. The van der Waals surface area contributed by atoms with E-state index in [9.17, 15) is 10.1 Å². The summed E-state index contributed by atoms with van der Waals surface area (Å²) >= 11 is 1.76. The van der Waals surface area contributed by atoms with Crippen molar-refractivity contribution in [1.29, 1.82) is 0 Å². The van der Waals surface area contributed by atoms with Crippen LogP contribution in [0.3, 0.4) is 0 Å². The molecular formula is C11H19N5O2S. The van der Waals surface area contributed by atoms with Crippen molar-refractivity contribution < 1.29 is 4.92 Å². The summed E-state index contributed by atoms with van der Waals surface area (Å²) in [7, 11) is 0. The molecule has 1 atom stereocenters. The van der Waals surface area contributed by atoms with Crippen LogP contribution in [0, 0.1) is 10.1 Å². The minimum atomic E-state index is -0.476. The molecule has 19 heavy (non-hydrogen) atoms. The van der Waals surface area contributed by atoms with Gasteiger partial charge >= 0.3 is 5.69 Å². The highest BCUT2D eigenvalue weighted by atomic mass is 32.2. The molecular weight excluding hydrogens is 266 g/mol. The first kappa shape index (κ1) is 15.5. The summed E-state index contributed by atoms with van der Waals surface area (Å²) in [5.41, 5.74) is -0.0987. The zero-order valence-electron chi connectivity index (χ0n) is 11.3. The zero-order valence-corrected chi connectivity index (χ0v) is 12.2. The smallest absolute Gasteiger partial charge is 0.329 e. The molecule has 1 unspecified atom stereocenters. The van der Waals surface area contributed by atoms with Crippen LogP contribution in [0.15, 0.2) is 6.20 Å². The molecule has 0 aromatic carbocycles. The van der Waals surface area contributed by atoms with Gasteiger partial charge in [0, 0.05) is 18.3 Å². The maximum atomic E-state index is 10.9. The summed E-state index contributed by atoms with van der Waals surface area (Å²) in [5.74, 6) is 0.665. The molecule has 0 aliphatic heterocycles. The van der Waals surface area contributed by atoms with E-state index in [-0.39, 0.29) is 11.5 Å². The summed E-state index contributed by atoms with van der Waals surface area (Å²) in [5, 5.41) is 17.4. The van der Waals surface area contributed by atoms with E-state index in [0.29, 0.717) is 24.3 Å². The van der Waals surface area contributed by atoms with Gasteiger partial charge in [0.25, 0.3) is 0 Å². The van der Waals surface area contributed by atoms with Crippen molar-refractivity contribution in [2.24, 2.45) is 0 Å². The Kier molecular flexibility index (Phi) is 6.34. The van der Waals surface area contributed by atoms with Crippen molar-refractivity contribution in [1.82, 2.24) is 9.97 Å². The van der Waals surface area contributed by atoms with Crippen molar-refractivity contribution in [3.05, 3.63) is 16.3 Å². The molecule has 0 fully saturated rings. The van der Waals surface area contributed by atoms with Gasteiger partial charge in [0.1, 0.15) is 6.20 Å². The fourth-order valence-corrected chi connectivity index (χ4v) is 1.75. The van der Waals surface area contributed by atoms with E-state index < -0.39 is 4.92 Å². The monoisotopic (exact) mass is 285 g/mol. The molecule has 0 saturated heterocycles. The third-order valence-electron chi connectivity index (χ3n) is 2.55. The van der Waals surface area contributed by atoms with Crippen molar-refractivity contribution in [3.8, 4) is 0 Å². The largest absolute Gasteiger partial charge is 0.364 e. The number of hydrogen-bond donors (Lipinski definition) is 2. The first-order valence-electron chi connectivity index (χ1n) is 6.10. The molecule has 0 radical (unpaired) electrons. The summed E-state index contributed by atoms with van der Waals surface area (Å²) in [6.45, 7) is 5.34. The van der Waals surface area contributed by atoms with Crippen LogP contribution in [0.4, 0.5) is 17.5 Å². The molecule has 7 nitrogen and oxygen atoms in total. The number of nitrogens with one attached hydrogen (secondary N) is 2. The van der Waals surface area contributed by atoms with E-state index in [2.05, 4.69) is 27.5 Å². The molecule has 106 valence electrons. The molecule has 0 spiro atoms. The van der Waals surface area contributed by atoms with Gasteiger partial charge < -0.3 is 10.6 Å². The normalized spacial score (nSPS) is 11.9. The van der Waals surface area contributed by atoms with Crippen LogP contribution in [0.5, 0.6) is 0 Å². The summed E-state index contributed by atoms with van der Waals surface area (Å²) in [4.78, 5) is 18.5. The van der Waals surface area contributed by atoms with E-state index in [4.69, 9.17) is 0 Å². The minimum Gasteiger partial charge on any atom is -0.364 e. The molecule has 0 amide bonds. The Morgan fingerprint density at radius 2 is 2.26 bits per heavy atom. The van der Waals surface area contributed by atoms with Crippen LogP contribution < -0.4 is 10.6 Å². The minimum absolute atomic E-state index is 0.0987. The molecule has 1 heterocycles. The van der Waals surface area contributed by atoms with E-state index in [0.717, 1.165) is 6.42 Å². The van der Waals surface area contributed by atoms with Crippen LogP contribution in [0.2, 0.25) is 0 Å². The van der Waals surface area contributed by atoms with Crippen LogP contribution in [-0.4, -0.2) is 39.5 Å². The Bertz CT molecular complexity index is 430. The highest BCUT2D eigenvalue weighted by Gasteiger charge is 2.16. The Balaban J connectivity index is 2.76. The highest BCUT2D eigenvalue weighted by Crippen LogP contribution is 2.22. The zero-order chi connectivity index (χ0) is 14.3. The molecule has 1 aromatic heterocycles. The van der Waals surface area contributed by atoms with E-state index in [1.165, 1.54) is 6.20 Å². The second-order valence-electron chi connectivity index (χ2n) is 3.98. The van der Waals surface area contributed by atoms with E-state index in [1.54, 1.807) is 11.8 Å². The lowest BCUT2D eigenvalue weighted by molar-refractivity contribution is -0.384. The fraction of sp³-hybridized carbons (Fsp3) is 0.636. The van der Waals surface area contributed by atoms with Gasteiger partial charge in [-0.15, -0.1) is 0 Å². The molecule has 1 aromatic rings. The number of nitrogens with zero attached hydrogens (tertiary/aromatic N) is 3. The Morgan fingerprint density at radius 3 is 2.84 bits per heavy atom. The quantitative estimate of drug-likeness (QED) is 0.559. The molecule has 0 saturated carbocycles. The SMILES string of the molecule is CCNc1ncc([N+](=O)[O-])c(NCCC(C)SC)n1. The fourth-order valence-electron chi connectivity index (χ4n) is 1.39. The van der Waals surface area contributed by atoms with Crippen molar-refractivity contribution in [2.75, 3.05) is 30.0 Å². The average Bonchev–Trinajstić information content (AvgIpc) is 2.38. The maximum Gasteiger partial charge on any atom is 0.329 e. The Labute approximate surface area is 116 Å². The number of anilines is 2. The van der Waals surface area contributed by atoms with Gasteiger partial charge in [-0.25, -0.2) is 4.98 Å². The molecule has 0 aliphatic carbocycles. The van der Waals surface area contributed by atoms with Gasteiger partial charge in [0.05, 0.1) is 4.92 Å². The van der Waals surface area contributed by atoms with Gasteiger partial charge in [-0.2, -0.15) is 16.7 Å². The average molecular weight is 285 g/mol. The second-order valence-corrected chi connectivity index (χ2v) is 5.25. The molecule has 1 rings (SSSR count). The van der Waals surface area contributed by atoms with Gasteiger partial charge in [0.15, 0.2) is 0 Å². The molecule has 0 bridgehead atoms. The molecule has 2 N–H and O–H groups in total. The molecule has 0 aliphatic rings. The van der Waals surface area contributed by atoms with Crippen molar-refractivity contribution in [3.63, 3.8) is 0 Å². The van der Waals surface area contributed by atoms with Crippen molar-refractivity contribution in [2.45, 2.75) is 25.5 Å². The summed E-state index contributed by atoms with van der Waals surface area (Å²) in [6.07, 6.45) is 4.19. The number of hydrogen-bond acceptors (Lipinski definition) is 7. The van der Waals surface area contributed by atoms with Gasteiger partial charge in [-0.3, -0.25) is 10.1 Å². The second kappa shape index (κ2) is 7.78. The maximum absolute atomic E-state index is 10.9. The van der Waals surface area contributed by atoms with Crippen LogP contribution >= 0.6 is 11.8 Å². The number of nitro groups is 1. The lowest BCUT2D eigenvalue weighted by Crippen LogP contribution is -2.12. The van der Waals surface area contributed by atoms with E-state index >= 15 is 0 Å². The van der Waals surface area contributed by atoms with Crippen LogP contribution in [0.25, 0.3) is 0 Å². The predicted octanol–water partition coefficient (Wildman–Crippen LogP) is 2.37. The summed E-state index contributed by atoms with van der Waals surface area (Å²) in [6, 6.07) is 0.